The van der Waals surface area contributed by atoms with Gasteiger partial charge in [0.15, 0.2) is 0 Å². The third-order valence-electron chi connectivity index (χ3n) is 3.01. The second-order valence-corrected chi connectivity index (χ2v) is 4.47. The van der Waals surface area contributed by atoms with E-state index in [2.05, 4.69) is 5.32 Å². The second-order valence-electron chi connectivity index (χ2n) is 4.47. The van der Waals surface area contributed by atoms with Gasteiger partial charge < -0.3 is 15.6 Å². The van der Waals surface area contributed by atoms with Crippen molar-refractivity contribution >= 4 is 11.8 Å². The smallest absolute Gasteiger partial charge is 0.290 e. The minimum absolute atomic E-state index is 0.0812. The molecule has 104 valence electrons. The molecule has 1 unspecified atom stereocenters. The van der Waals surface area contributed by atoms with E-state index in [0.717, 1.165) is 0 Å². The summed E-state index contributed by atoms with van der Waals surface area (Å²) in [4.78, 5) is 36.4. The first-order chi connectivity index (χ1) is 8.99. The van der Waals surface area contributed by atoms with Crippen molar-refractivity contribution in [3.63, 3.8) is 0 Å². The number of aromatic nitrogens is 1. The standard InChI is InChI=1S/C11H16N4O4/c1-7-4-9(16)15(19-7)10(17)6-14-3-2-13-5-8(14)11(12)18/h4,8,13H,2-3,5-6H2,1H3,(H2,12,18). The molecular weight excluding hydrogens is 252 g/mol. The van der Waals surface area contributed by atoms with Crippen LogP contribution in [0.3, 0.4) is 0 Å². The lowest BCUT2D eigenvalue weighted by atomic mass is 10.2. The fraction of sp³-hybridized carbons (Fsp3) is 0.545. The molecule has 1 fully saturated rings. The molecule has 1 aliphatic rings. The summed E-state index contributed by atoms with van der Waals surface area (Å²) in [6, 6.07) is 0.686. The van der Waals surface area contributed by atoms with Crippen molar-refractivity contribution in [2.75, 3.05) is 26.2 Å². The van der Waals surface area contributed by atoms with Gasteiger partial charge >= 0.3 is 0 Å². The van der Waals surface area contributed by atoms with Gasteiger partial charge in [-0.05, 0) is 6.92 Å². The molecule has 1 saturated heterocycles. The fourth-order valence-electron chi connectivity index (χ4n) is 2.08. The van der Waals surface area contributed by atoms with Crippen molar-refractivity contribution in [1.82, 2.24) is 15.0 Å². The molecule has 19 heavy (non-hydrogen) atoms. The quantitative estimate of drug-likeness (QED) is 0.665. The Labute approximate surface area is 109 Å². The number of carbonyl (C=O) groups is 2. The van der Waals surface area contributed by atoms with Gasteiger partial charge in [0.25, 0.3) is 11.5 Å². The Morgan fingerprint density at radius 1 is 1.58 bits per heavy atom. The molecule has 0 bridgehead atoms. The Bertz CT molecular complexity index is 547. The van der Waals surface area contributed by atoms with Crippen molar-refractivity contribution in [1.29, 1.82) is 0 Å². The molecular formula is C11H16N4O4. The zero-order valence-corrected chi connectivity index (χ0v) is 10.6. The van der Waals surface area contributed by atoms with Crippen LogP contribution in [0.4, 0.5) is 0 Å². The third kappa shape index (κ3) is 2.91. The Morgan fingerprint density at radius 2 is 2.32 bits per heavy atom. The van der Waals surface area contributed by atoms with Crippen LogP contribution in [0, 0.1) is 6.92 Å². The molecule has 1 aliphatic heterocycles. The van der Waals surface area contributed by atoms with Crippen molar-refractivity contribution in [3.05, 3.63) is 22.2 Å². The molecule has 2 rings (SSSR count). The topological polar surface area (TPSA) is 111 Å². The summed E-state index contributed by atoms with van der Waals surface area (Å²) in [5, 5.41) is 3.03. The van der Waals surface area contributed by atoms with E-state index in [1.54, 1.807) is 11.8 Å². The van der Waals surface area contributed by atoms with Gasteiger partial charge in [0.1, 0.15) is 11.8 Å². The minimum Gasteiger partial charge on any atom is -0.373 e. The van der Waals surface area contributed by atoms with Gasteiger partial charge in [-0.15, -0.1) is 4.74 Å². The number of nitrogens with two attached hydrogens (primary N) is 1. The number of amides is 1. The molecule has 1 aromatic rings. The highest BCUT2D eigenvalue weighted by atomic mass is 16.5. The van der Waals surface area contributed by atoms with Crippen LogP contribution in [0.25, 0.3) is 0 Å². The second kappa shape index (κ2) is 5.37. The van der Waals surface area contributed by atoms with Crippen molar-refractivity contribution in [2.45, 2.75) is 13.0 Å². The van der Waals surface area contributed by atoms with E-state index >= 15 is 0 Å². The van der Waals surface area contributed by atoms with Crippen LogP contribution in [0.15, 0.2) is 15.4 Å². The van der Waals surface area contributed by atoms with Crippen molar-refractivity contribution in [3.8, 4) is 0 Å². The number of rotatable bonds is 3. The van der Waals surface area contributed by atoms with E-state index < -0.39 is 23.4 Å². The zero-order valence-electron chi connectivity index (χ0n) is 10.6. The molecule has 0 radical (unpaired) electrons. The minimum atomic E-state index is -0.551. The first-order valence-electron chi connectivity index (χ1n) is 5.96. The van der Waals surface area contributed by atoms with Crippen LogP contribution in [-0.2, 0) is 4.79 Å². The fourth-order valence-corrected chi connectivity index (χ4v) is 2.08. The van der Waals surface area contributed by atoms with Gasteiger partial charge in [-0.1, -0.05) is 0 Å². The lowest BCUT2D eigenvalue weighted by Crippen LogP contribution is -2.58. The Morgan fingerprint density at radius 3 is 2.89 bits per heavy atom. The lowest BCUT2D eigenvalue weighted by molar-refractivity contribution is -0.123. The predicted octanol–water partition coefficient (Wildman–Crippen LogP) is -1.85. The predicted molar refractivity (Wildman–Crippen MR) is 65.8 cm³/mol. The summed E-state index contributed by atoms with van der Waals surface area (Å²) in [5.41, 5.74) is 4.78. The molecule has 1 amide bonds. The highest BCUT2D eigenvalue weighted by molar-refractivity contribution is 5.83. The van der Waals surface area contributed by atoms with E-state index in [9.17, 15) is 14.4 Å². The van der Waals surface area contributed by atoms with Crippen LogP contribution >= 0.6 is 0 Å². The number of hydrogen-bond donors (Lipinski definition) is 2. The Kier molecular flexibility index (Phi) is 3.82. The molecule has 8 heteroatoms. The van der Waals surface area contributed by atoms with Crippen LogP contribution in [0.5, 0.6) is 0 Å². The summed E-state index contributed by atoms with van der Waals surface area (Å²) < 4.78 is 5.71. The van der Waals surface area contributed by atoms with E-state index in [1.165, 1.54) is 6.07 Å². The first kappa shape index (κ1) is 13.5. The molecule has 0 aromatic carbocycles. The SMILES string of the molecule is Cc1cc(=O)n(C(=O)CN2CCNCC2C(N)=O)o1. The number of primary amides is 1. The maximum Gasteiger partial charge on any atom is 0.290 e. The summed E-state index contributed by atoms with van der Waals surface area (Å²) in [6.45, 7) is 3.07. The number of nitrogens with one attached hydrogen (secondary N) is 1. The van der Waals surface area contributed by atoms with Crippen molar-refractivity contribution < 1.29 is 14.1 Å². The van der Waals surface area contributed by atoms with E-state index in [1.807, 2.05) is 0 Å². The van der Waals surface area contributed by atoms with Crippen LogP contribution < -0.4 is 16.6 Å². The van der Waals surface area contributed by atoms with Crippen LogP contribution in [0.1, 0.15) is 10.6 Å². The van der Waals surface area contributed by atoms with Gasteiger partial charge in [0, 0.05) is 25.7 Å². The highest BCUT2D eigenvalue weighted by Crippen LogP contribution is 2.03. The largest absolute Gasteiger partial charge is 0.373 e. The Hall–Kier alpha value is -1.93. The molecule has 8 nitrogen and oxygen atoms in total. The average Bonchev–Trinajstić information content (AvgIpc) is 2.69. The molecule has 2 heterocycles. The monoisotopic (exact) mass is 268 g/mol. The van der Waals surface area contributed by atoms with Crippen molar-refractivity contribution in [2.24, 2.45) is 5.73 Å². The van der Waals surface area contributed by atoms with Gasteiger partial charge in [0.2, 0.25) is 5.91 Å². The molecule has 0 aliphatic carbocycles. The van der Waals surface area contributed by atoms with Gasteiger partial charge in [0.05, 0.1) is 6.54 Å². The zero-order chi connectivity index (χ0) is 14.0. The van der Waals surface area contributed by atoms with E-state index in [4.69, 9.17) is 10.3 Å². The third-order valence-corrected chi connectivity index (χ3v) is 3.01. The van der Waals surface area contributed by atoms with Crippen LogP contribution in [0.2, 0.25) is 0 Å². The average molecular weight is 268 g/mol. The molecule has 3 N–H and O–H groups in total. The molecule has 0 saturated carbocycles. The number of aryl methyl sites for hydroxylation is 1. The van der Waals surface area contributed by atoms with Gasteiger partial charge in [-0.3, -0.25) is 19.3 Å². The Balaban J connectivity index is 2.11. The summed E-state index contributed by atoms with van der Waals surface area (Å²) in [6.07, 6.45) is 0. The van der Waals surface area contributed by atoms with Gasteiger partial charge in [-0.2, -0.15) is 0 Å². The number of nitrogens with zero attached hydrogens (tertiary/aromatic N) is 2. The summed E-state index contributed by atoms with van der Waals surface area (Å²) in [7, 11) is 0. The van der Waals surface area contributed by atoms with Gasteiger partial charge in [-0.25, -0.2) is 0 Å². The number of piperazine rings is 1. The highest BCUT2D eigenvalue weighted by Gasteiger charge is 2.29. The van der Waals surface area contributed by atoms with Crippen LogP contribution in [-0.4, -0.2) is 53.7 Å². The maximum atomic E-state index is 12.0. The molecule has 1 atom stereocenters. The maximum absolute atomic E-state index is 12.0. The van der Waals surface area contributed by atoms with E-state index in [0.29, 0.717) is 30.1 Å². The molecule has 1 aromatic heterocycles. The normalized spacial score (nSPS) is 20.4. The molecule has 0 spiro atoms. The number of carbonyl (C=O) groups excluding carboxylic acids is 2. The van der Waals surface area contributed by atoms with E-state index in [-0.39, 0.29) is 6.54 Å². The number of hydrogen-bond acceptors (Lipinski definition) is 6. The lowest BCUT2D eigenvalue weighted by Gasteiger charge is -2.33. The first-order valence-corrected chi connectivity index (χ1v) is 5.96. The summed E-state index contributed by atoms with van der Waals surface area (Å²) in [5.74, 6) is -0.640. The summed E-state index contributed by atoms with van der Waals surface area (Å²) >= 11 is 0.